The zero-order valence-corrected chi connectivity index (χ0v) is 11.6. The van der Waals surface area contributed by atoms with Crippen LogP contribution in [-0.4, -0.2) is 51.9 Å². The predicted octanol–water partition coefficient (Wildman–Crippen LogP) is -2.92. The van der Waals surface area contributed by atoms with Crippen LogP contribution in [0.25, 0.3) is 0 Å². The van der Waals surface area contributed by atoms with E-state index in [-0.39, 0.29) is 0 Å². The van der Waals surface area contributed by atoms with E-state index in [4.69, 9.17) is 18.2 Å². The maximum Gasteiger partial charge on any atom is 0.425 e. The summed E-state index contributed by atoms with van der Waals surface area (Å²) in [7, 11) is -20.1. The third kappa shape index (κ3) is 26.1. The fraction of sp³-hybridized carbons (Fsp3) is 0. The van der Waals surface area contributed by atoms with Gasteiger partial charge in [-0.1, -0.05) is 17.3 Å². The van der Waals surface area contributed by atoms with Crippen molar-refractivity contribution in [2.45, 2.75) is 0 Å². The van der Waals surface area contributed by atoms with Crippen LogP contribution in [0, 0.1) is 0 Å². The van der Waals surface area contributed by atoms with Gasteiger partial charge in [0.2, 0.25) is 0 Å². The van der Waals surface area contributed by atoms with Crippen LogP contribution in [0.3, 0.4) is 0 Å². The summed E-state index contributed by atoms with van der Waals surface area (Å²) in [6.45, 7) is 0. The molecular formula is H4O16S4. The van der Waals surface area contributed by atoms with Crippen molar-refractivity contribution in [3.8, 4) is 0 Å². The Hall–Kier alpha value is -0.520. The van der Waals surface area contributed by atoms with Gasteiger partial charge in [-0.15, -0.1) is 0 Å². The standard InChI is InChI=1S/2H2O8S2/c2*1-9(2,3)7-8-10(4,5)6/h2*(H,1,2,3)(H,4,5,6). The monoisotopic (exact) mass is 388 g/mol. The van der Waals surface area contributed by atoms with Crippen LogP contribution < -0.4 is 0 Å². The summed E-state index contributed by atoms with van der Waals surface area (Å²) in [6.07, 6.45) is 0. The Bertz CT molecular complexity index is 550. The van der Waals surface area contributed by atoms with E-state index in [9.17, 15) is 33.7 Å². The Labute approximate surface area is 111 Å². The van der Waals surface area contributed by atoms with Gasteiger partial charge in [0.05, 0.1) is 0 Å². The van der Waals surface area contributed by atoms with Gasteiger partial charge in [-0.05, 0) is 0 Å². The lowest BCUT2D eigenvalue weighted by molar-refractivity contribution is -0.105. The Balaban J connectivity index is 0. The average molecular weight is 388 g/mol. The third-order valence-electron chi connectivity index (χ3n) is 0.399. The molecule has 16 nitrogen and oxygen atoms in total. The highest BCUT2D eigenvalue weighted by atomic mass is 32.3. The second-order valence-electron chi connectivity index (χ2n) is 1.98. The largest absolute Gasteiger partial charge is 0.425 e. The lowest BCUT2D eigenvalue weighted by Gasteiger charge is -1.92. The van der Waals surface area contributed by atoms with Crippen molar-refractivity contribution in [3.63, 3.8) is 0 Å². The second-order valence-corrected chi connectivity index (χ2v) is 5.95. The van der Waals surface area contributed by atoms with Crippen LogP contribution in [0.2, 0.25) is 0 Å². The van der Waals surface area contributed by atoms with Crippen molar-refractivity contribution >= 4 is 41.6 Å². The van der Waals surface area contributed by atoms with Crippen molar-refractivity contribution in [1.82, 2.24) is 0 Å². The molecule has 0 unspecified atom stereocenters. The maximum atomic E-state index is 9.51. The Morgan fingerprint density at radius 1 is 0.400 bits per heavy atom. The van der Waals surface area contributed by atoms with E-state index in [2.05, 4.69) is 17.3 Å². The van der Waals surface area contributed by atoms with E-state index in [0.717, 1.165) is 0 Å². The lowest BCUT2D eigenvalue weighted by Crippen LogP contribution is -2.10. The highest BCUT2D eigenvalue weighted by molar-refractivity contribution is 7.83. The van der Waals surface area contributed by atoms with Crippen molar-refractivity contribution in [2.24, 2.45) is 0 Å². The van der Waals surface area contributed by atoms with Gasteiger partial charge in [0.1, 0.15) is 0 Å². The highest BCUT2D eigenvalue weighted by Crippen LogP contribution is 1.93. The minimum atomic E-state index is -5.02. The normalized spacial score (nSPS) is 13.4. The summed E-state index contributed by atoms with van der Waals surface area (Å²) in [5.74, 6) is 0. The van der Waals surface area contributed by atoms with Crippen molar-refractivity contribution in [1.29, 1.82) is 0 Å². The zero-order chi connectivity index (χ0) is 16.8. The van der Waals surface area contributed by atoms with Crippen LogP contribution in [0.15, 0.2) is 0 Å². The molecule has 4 N–H and O–H groups in total. The molecule has 0 aliphatic heterocycles. The van der Waals surface area contributed by atoms with E-state index in [1.165, 1.54) is 0 Å². The van der Waals surface area contributed by atoms with E-state index >= 15 is 0 Å². The quantitative estimate of drug-likeness (QED) is 0.202. The van der Waals surface area contributed by atoms with Crippen LogP contribution in [0.5, 0.6) is 0 Å². The molecule has 124 valence electrons. The molecule has 20 heavy (non-hydrogen) atoms. The maximum absolute atomic E-state index is 9.51. The van der Waals surface area contributed by atoms with Gasteiger partial charge >= 0.3 is 41.6 Å². The van der Waals surface area contributed by atoms with Gasteiger partial charge in [-0.25, -0.2) is 0 Å². The number of hydrogen-bond acceptors (Lipinski definition) is 12. The molecule has 0 fully saturated rings. The zero-order valence-electron chi connectivity index (χ0n) is 8.32. The first-order chi connectivity index (χ1) is 8.41. The summed E-state index contributed by atoms with van der Waals surface area (Å²) < 4.78 is 118. The minimum absolute atomic E-state index is 2.78. The molecule has 20 heteroatoms. The summed E-state index contributed by atoms with van der Waals surface area (Å²) in [6, 6.07) is 0. The van der Waals surface area contributed by atoms with Gasteiger partial charge in [0, 0.05) is 0 Å². The van der Waals surface area contributed by atoms with Crippen molar-refractivity contribution in [3.05, 3.63) is 0 Å². The van der Waals surface area contributed by atoms with Gasteiger partial charge < -0.3 is 0 Å². The number of hydrogen-bond donors (Lipinski definition) is 4. The van der Waals surface area contributed by atoms with Crippen LogP contribution in [-0.2, 0) is 58.9 Å². The summed E-state index contributed by atoms with van der Waals surface area (Å²) in [5.41, 5.74) is 0. The average Bonchev–Trinajstić information content (AvgIpc) is 2.09. The molecule has 0 heterocycles. The second kappa shape index (κ2) is 7.48. The number of rotatable bonds is 6. The topological polar surface area (TPSA) is 254 Å². The predicted molar refractivity (Wildman–Crippen MR) is 50.5 cm³/mol. The molecule has 0 aliphatic rings. The Morgan fingerprint density at radius 3 is 0.550 bits per heavy atom. The van der Waals surface area contributed by atoms with E-state index in [0.29, 0.717) is 0 Å². The van der Waals surface area contributed by atoms with Crippen molar-refractivity contribution < 1.29 is 69.2 Å². The lowest BCUT2D eigenvalue weighted by atomic mass is 14.9. The summed E-state index contributed by atoms with van der Waals surface area (Å²) in [5, 5.41) is 0. The van der Waals surface area contributed by atoms with Crippen molar-refractivity contribution in [2.75, 3.05) is 0 Å². The Morgan fingerprint density at radius 2 is 0.500 bits per heavy atom. The molecule has 0 radical (unpaired) electrons. The molecule has 0 saturated carbocycles. The SMILES string of the molecule is O=S(=O)(O)OOS(=O)(=O)O.O=S(=O)(O)OOS(=O)(=O)O. The first-order valence-corrected chi connectivity index (χ1v) is 8.52. The molecule has 0 aliphatic carbocycles. The molecule has 0 aromatic carbocycles. The Kier molecular flexibility index (Phi) is 8.14. The fourth-order valence-electron chi connectivity index (χ4n) is 0.140. The van der Waals surface area contributed by atoms with Gasteiger partial charge in [0.15, 0.2) is 0 Å². The highest BCUT2D eigenvalue weighted by Gasteiger charge is 2.14. The first-order valence-electron chi connectivity index (χ1n) is 3.06. The van der Waals surface area contributed by atoms with E-state index in [1.54, 1.807) is 0 Å². The molecule has 0 atom stereocenters. The molecule has 0 spiro atoms. The van der Waals surface area contributed by atoms with Crippen LogP contribution in [0.4, 0.5) is 0 Å². The first kappa shape index (κ1) is 21.8. The molecule has 0 aromatic rings. The smallest absolute Gasteiger partial charge is 0.262 e. The van der Waals surface area contributed by atoms with Crippen LogP contribution >= 0.6 is 0 Å². The molecule has 0 rings (SSSR count). The molecular weight excluding hydrogens is 384 g/mol. The molecule has 0 amide bonds. The van der Waals surface area contributed by atoms with Crippen LogP contribution in [0.1, 0.15) is 0 Å². The summed E-state index contributed by atoms with van der Waals surface area (Å²) in [4.78, 5) is 0. The fourth-order valence-corrected chi connectivity index (χ4v) is 1.26. The summed E-state index contributed by atoms with van der Waals surface area (Å²) >= 11 is 0. The van der Waals surface area contributed by atoms with E-state index < -0.39 is 41.6 Å². The van der Waals surface area contributed by atoms with Gasteiger partial charge in [-0.3, -0.25) is 18.2 Å². The molecule has 0 aromatic heterocycles. The van der Waals surface area contributed by atoms with Gasteiger partial charge in [-0.2, -0.15) is 33.7 Å². The minimum Gasteiger partial charge on any atom is -0.262 e. The molecule has 0 saturated heterocycles. The molecule has 0 bridgehead atoms. The van der Waals surface area contributed by atoms with Gasteiger partial charge in [0.25, 0.3) is 0 Å². The van der Waals surface area contributed by atoms with E-state index in [1.807, 2.05) is 0 Å². The third-order valence-corrected chi connectivity index (χ3v) is 1.53.